The summed E-state index contributed by atoms with van der Waals surface area (Å²) in [5.74, 6) is 0. The quantitative estimate of drug-likeness (QED) is 0.606. The Bertz CT molecular complexity index is 365. The van der Waals surface area contributed by atoms with Crippen molar-refractivity contribution in [2.75, 3.05) is 0 Å². The summed E-state index contributed by atoms with van der Waals surface area (Å²) < 4.78 is 0.734. The van der Waals surface area contributed by atoms with Crippen molar-refractivity contribution in [1.29, 1.82) is 0 Å². The highest BCUT2D eigenvalue weighted by Crippen LogP contribution is 2.22. The fourth-order valence-electron chi connectivity index (χ4n) is 0.778. The number of hydrogen-bond donors (Lipinski definition) is 0. The van der Waals surface area contributed by atoms with E-state index >= 15 is 0 Å². The second-order valence-corrected chi connectivity index (χ2v) is 3.56. The molecular formula is C8H5BrClNO2. The zero-order chi connectivity index (χ0) is 9.84. The zero-order valence-electron chi connectivity index (χ0n) is 6.41. The fourth-order valence-corrected chi connectivity index (χ4v) is 1.59. The molecule has 5 heteroatoms. The minimum atomic E-state index is -0.513. The summed E-state index contributed by atoms with van der Waals surface area (Å²) >= 11 is 8.93. The SMILES string of the molecule is O=[N+]([O-])C=Cc1ccc(Cl)cc1Br. The molecule has 13 heavy (non-hydrogen) atoms. The molecule has 0 bridgehead atoms. The van der Waals surface area contributed by atoms with Crippen LogP contribution >= 0.6 is 27.5 Å². The lowest BCUT2D eigenvalue weighted by atomic mass is 10.2. The number of rotatable bonds is 2. The van der Waals surface area contributed by atoms with Crippen molar-refractivity contribution < 1.29 is 4.92 Å². The van der Waals surface area contributed by atoms with Crippen LogP contribution in [0.4, 0.5) is 0 Å². The highest BCUT2D eigenvalue weighted by Gasteiger charge is 1.98. The maximum absolute atomic E-state index is 10.0. The van der Waals surface area contributed by atoms with Crippen LogP contribution in [-0.2, 0) is 0 Å². The van der Waals surface area contributed by atoms with Crippen molar-refractivity contribution in [3.05, 3.63) is 49.6 Å². The van der Waals surface area contributed by atoms with E-state index < -0.39 is 4.92 Å². The van der Waals surface area contributed by atoms with E-state index in [1.165, 1.54) is 6.08 Å². The van der Waals surface area contributed by atoms with Crippen molar-refractivity contribution >= 4 is 33.6 Å². The van der Waals surface area contributed by atoms with E-state index in [1.807, 2.05) is 0 Å². The minimum absolute atomic E-state index is 0.513. The first kappa shape index (κ1) is 10.2. The highest BCUT2D eigenvalue weighted by molar-refractivity contribution is 9.10. The Morgan fingerprint density at radius 3 is 2.77 bits per heavy atom. The van der Waals surface area contributed by atoms with Crippen molar-refractivity contribution in [1.82, 2.24) is 0 Å². The molecule has 0 spiro atoms. The molecular weight excluding hydrogens is 257 g/mol. The topological polar surface area (TPSA) is 43.1 Å². The van der Waals surface area contributed by atoms with Gasteiger partial charge in [-0.2, -0.15) is 0 Å². The van der Waals surface area contributed by atoms with Gasteiger partial charge in [-0.05, 0) is 17.7 Å². The minimum Gasteiger partial charge on any atom is -0.259 e. The molecule has 0 amide bonds. The van der Waals surface area contributed by atoms with Crippen molar-refractivity contribution in [2.45, 2.75) is 0 Å². The van der Waals surface area contributed by atoms with Gasteiger partial charge in [0.2, 0.25) is 6.20 Å². The summed E-state index contributed by atoms with van der Waals surface area (Å²) in [4.78, 5) is 9.52. The summed E-state index contributed by atoms with van der Waals surface area (Å²) in [6, 6.07) is 5.06. The molecule has 0 aliphatic rings. The molecule has 0 aliphatic carbocycles. The van der Waals surface area contributed by atoms with E-state index in [4.69, 9.17) is 11.6 Å². The normalized spacial score (nSPS) is 10.6. The van der Waals surface area contributed by atoms with Crippen LogP contribution in [0.3, 0.4) is 0 Å². The molecule has 0 aromatic heterocycles. The number of benzene rings is 1. The lowest BCUT2D eigenvalue weighted by molar-refractivity contribution is -0.400. The van der Waals surface area contributed by atoms with Gasteiger partial charge in [0.05, 0.1) is 4.92 Å². The van der Waals surface area contributed by atoms with E-state index in [1.54, 1.807) is 18.2 Å². The Balaban J connectivity index is 2.96. The first-order valence-electron chi connectivity index (χ1n) is 3.36. The Hall–Kier alpha value is -0.870. The standard InChI is InChI=1S/C8H5BrClNO2/c9-8-5-7(10)2-1-6(8)3-4-11(12)13/h1-5H. The molecule has 0 aliphatic heterocycles. The first-order chi connectivity index (χ1) is 6.09. The predicted molar refractivity (Wildman–Crippen MR) is 55.2 cm³/mol. The Morgan fingerprint density at radius 2 is 2.23 bits per heavy atom. The van der Waals surface area contributed by atoms with Gasteiger partial charge in [-0.1, -0.05) is 33.6 Å². The zero-order valence-corrected chi connectivity index (χ0v) is 8.75. The lowest BCUT2D eigenvalue weighted by Gasteiger charge is -1.96. The summed E-state index contributed by atoms with van der Waals surface area (Å²) in [5, 5.41) is 10.6. The van der Waals surface area contributed by atoms with Gasteiger partial charge in [-0.3, -0.25) is 10.1 Å². The van der Waals surface area contributed by atoms with E-state index in [0.29, 0.717) is 5.02 Å². The highest BCUT2D eigenvalue weighted by atomic mass is 79.9. The van der Waals surface area contributed by atoms with Gasteiger partial charge in [-0.15, -0.1) is 0 Å². The summed E-state index contributed by atoms with van der Waals surface area (Å²) in [7, 11) is 0. The molecule has 1 aromatic rings. The lowest BCUT2D eigenvalue weighted by Crippen LogP contribution is -1.83. The molecule has 3 nitrogen and oxygen atoms in total. The number of halogens is 2. The van der Waals surface area contributed by atoms with Gasteiger partial charge >= 0.3 is 0 Å². The van der Waals surface area contributed by atoms with Gasteiger partial charge in [0.15, 0.2) is 0 Å². The van der Waals surface area contributed by atoms with Crippen LogP contribution in [0.1, 0.15) is 5.56 Å². The monoisotopic (exact) mass is 261 g/mol. The van der Waals surface area contributed by atoms with Crippen LogP contribution in [0.2, 0.25) is 5.02 Å². The van der Waals surface area contributed by atoms with Crippen LogP contribution in [0.15, 0.2) is 28.9 Å². The Morgan fingerprint density at radius 1 is 1.54 bits per heavy atom. The van der Waals surface area contributed by atoms with Gasteiger partial charge in [0.25, 0.3) is 0 Å². The van der Waals surface area contributed by atoms with E-state index in [2.05, 4.69) is 15.9 Å². The van der Waals surface area contributed by atoms with E-state index in [0.717, 1.165) is 16.2 Å². The molecule has 0 unspecified atom stereocenters. The maximum atomic E-state index is 10.0. The fraction of sp³-hybridized carbons (Fsp3) is 0. The van der Waals surface area contributed by atoms with Crippen LogP contribution in [0.5, 0.6) is 0 Å². The molecule has 0 saturated carbocycles. The van der Waals surface area contributed by atoms with Crippen molar-refractivity contribution in [3.8, 4) is 0 Å². The molecule has 1 aromatic carbocycles. The second kappa shape index (κ2) is 4.39. The molecule has 0 radical (unpaired) electrons. The third kappa shape index (κ3) is 3.16. The van der Waals surface area contributed by atoms with Crippen LogP contribution in [0, 0.1) is 10.1 Å². The third-order valence-corrected chi connectivity index (χ3v) is 2.26. The molecule has 0 atom stereocenters. The number of nitro groups is 1. The van der Waals surface area contributed by atoms with Crippen LogP contribution in [0.25, 0.3) is 6.08 Å². The molecule has 1 rings (SSSR count). The summed E-state index contributed by atoms with van der Waals surface area (Å²) in [6.07, 6.45) is 2.29. The average Bonchev–Trinajstić information content (AvgIpc) is 2.02. The van der Waals surface area contributed by atoms with Crippen molar-refractivity contribution in [2.24, 2.45) is 0 Å². The van der Waals surface area contributed by atoms with E-state index in [-0.39, 0.29) is 0 Å². The van der Waals surface area contributed by atoms with Gasteiger partial charge in [0, 0.05) is 15.6 Å². The van der Waals surface area contributed by atoms with Gasteiger partial charge < -0.3 is 0 Å². The van der Waals surface area contributed by atoms with Crippen LogP contribution < -0.4 is 0 Å². The largest absolute Gasteiger partial charge is 0.259 e. The molecule has 0 saturated heterocycles. The third-order valence-electron chi connectivity index (χ3n) is 1.34. The van der Waals surface area contributed by atoms with Gasteiger partial charge in [0.1, 0.15) is 0 Å². The molecule has 0 fully saturated rings. The average molecular weight is 262 g/mol. The molecule has 0 N–H and O–H groups in total. The van der Waals surface area contributed by atoms with Gasteiger partial charge in [-0.25, -0.2) is 0 Å². The summed E-state index contributed by atoms with van der Waals surface area (Å²) in [5.41, 5.74) is 0.723. The van der Waals surface area contributed by atoms with Crippen LogP contribution in [-0.4, -0.2) is 4.92 Å². The molecule has 68 valence electrons. The molecule has 0 heterocycles. The van der Waals surface area contributed by atoms with Crippen molar-refractivity contribution in [3.63, 3.8) is 0 Å². The Kier molecular flexibility index (Phi) is 3.45. The number of nitrogens with zero attached hydrogens (tertiary/aromatic N) is 1. The number of hydrogen-bond acceptors (Lipinski definition) is 2. The Labute approximate surface area is 88.3 Å². The van der Waals surface area contributed by atoms with E-state index in [9.17, 15) is 10.1 Å². The first-order valence-corrected chi connectivity index (χ1v) is 4.53. The predicted octanol–water partition coefficient (Wildman–Crippen LogP) is 3.35. The maximum Gasteiger partial charge on any atom is 0.235 e. The smallest absolute Gasteiger partial charge is 0.235 e. The second-order valence-electron chi connectivity index (χ2n) is 2.27. The summed E-state index contributed by atoms with van der Waals surface area (Å²) in [6.45, 7) is 0.